The first kappa shape index (κ1) is 21.0. The lowest BCUT2D eigenvalue weighted by Crippen LogP contribution is -2.44. The zero-order chi connectivity index (χ0) is 21.1. The molecule has 0 unspecified atom stereocenters. The van der Waals surface area contributed by atoms with Gasteiger partial charge in [0, 0.05) is 24.8 Å². The maximum absolute atomic E-state index is 12.6. The molecule has 0 saturated carbocycles. The van der Waals surface area contributed by atoms with Crippen LogP contribution in [-0.4, -0.2) is 33.9 Å². The first-order valence-corrected chi connectivity index (χ1v) is 10.3. The molecule has 0 atom stereocenters. The van der Waals surface area contributed by atoms with Crippen LogP contribution in [0.1, 0.15) is 18.4 Å². The summed E-state index contributed by atoms with van der Waals surface area (Å²) in [5.41, 5.74) is 1.48. The van der Waals surface area contributed by atoms with E-state index in [0.717, 1.165) is 17.8 Å². The molecule has 29 heavy (non-hydrogen) atoms. The second kappa shape index (κ2) is 8.31. The van der Waals surface area contributed by atoms with Gasteiger partial charge in [-0.15, -0.1) is 13.2 Å². The quantitative estimate of drug-likeness (QED) is 0.794. The van der Waals surface area contributed by atoms with E-state index in [-0.39, 0.29) is 0 Å². The van der Waals surface area contributed by atoms with Crippen molar-refractivity contribution in [1.82, 2.24) is 4.72 Å². The number of rotatable bonds is 5. The van der Waals surface area contributed by atoms with Gasteiger partial charge in [0.25, 0.3) is 0 Å². The van der Waals surface area contributed by atoms with Gasteiger partial charge in [-0.2, -0.15) is 5.26 Å². The Morgan fingerprint density at radius 3 is 2.28 bits per heavy atom. The molecule has 0 aliphatic carbocycles. The Kier molecular flexibility index (Phi) is 6.00. The third kappa shape index (κ3) is 5.40. The normalized spacial score (nSPS) is 15.7. The van der Waals surface area contributed by atoms with E-state index in [0.29, 0.717) is 31.5 Å². The number of alkyl halides is 3. The second-order valence-corrected chi connectivity index (χ2v) is 8.22. The van der Waals surface area contributed by atoms with Crippen molar-refractivity contribution in [2.75, 3.05) is 18.0 Å². The van der Waals surface area contributed by atoms with Crippen LogP contribution in [0.5, 0.6) is 5.75 Å². The van der Waals surface area contributed by atoms with E-state index in [1.54, 1.807) is 12.1 Å². The van der Waals surface area contributed by atoms with Crippen molar-refractivity contribution >= 4 is 15.7 Å². The highest BCUT2D eigenvalue weighted by Gasteiger charge is 2.34. The van der Waals surface area contributed by atoms with Crippen LogP contribution in [0.2, 0.25) is 0 Å². The van der Waals surface area contributed by atoms with Gasteiger partial charge in [-0.3, -0.25) is 0 Å². The van der Waals surface area contributed by atoms with Gasteiger partial charge in [0.15, 0.2) is 0 Å². The largest absolute Gasteiger partial charge is 0.573 e. The standard InChI is InChI=1S/C19H18F3N3O3S/c20-19(21,22)28-17-3-1-2-4-18(17)29(26,27)24-15-9-11-25(12-10-15)16-7-5-14(13-23)6-8-16/h1-8,15,24H,9-12H2. The number of nitriles is 1. The lowest BCUT2D eigenvalue weighted by Gasteiger charge is -2.34. The third-order valence-corrected chi connectivity index (χ3v) is 6.10. The Morgan fingerprint density at radius 2 is 1.69 bits per heavy atom. The number of sulfonamides is 1. The van der Waals surface area contributed by atoms with Crippen LogP contribution in [0.3, 0.4) is 0 Å². The average Bonchev–Trinajstić information content (AvgIpc) is 2.67. The first-order chi connectivity index (χ1) is 13.7. The predicted octanol–water partition coefficient (Wildman–Crippen LogP) is 3.40. The van der Waals surface area contributed by atoms with Gasteiger partial charge in [-0.1, -0.05) is 12.1 Å². The van der Waals surface area contributed by atoms with Crippen molar-refractivity contribution in [2.24, 2.45) is 0 Å². The third-order valence-electron chi connectivity index (χ3n) is 4.54. The van der Waals surface area contributed by atoms with Crippen LogP contribution < -0.4 is 14.4 Å². The maximum Gasteiger partial charge on any atom is 0.573 e. The average molecular weight is 425 g/mol. The van der Waals surface area contributed by atoms with Crippen molar-refractivity contribution in [3.8, 4) is 11.8 Å². The minimum atomic E-state index is -4.99. The molecule has 6 nitrogen and oxygen atoms in total. The van der Waals surface area contributed by atoms with E-state index in [1.807, 2.05) is 18.2 Å². The summed E-state index contributed by atoms with van der Waals surface area (Å²) in [4.78, 5) is 1.51. The molecule has 1 aliphatic heterocycles. The molecule has 0 radical (unpaired) electrons. The fourth-order valence-electron chi connectivity index (χ4n) is 3.17. The molecular formula is C19H18F3N3O3S. The molecule has 154 valence electrons. The number of anilines is 1. The first-order valence-electron chi connectivity index (χ1n) is 8.80. The highest BCUT2D eigenvalue weighted by atomic mass is 32.2. The highest BCUT2D eigenvalue weighted by Crippen LogP contribution is 2.30. The van der Waals surface area contributed by atoms with Crippen molar-refractivity contribution in [3.63, 3.8) is 0 Å². The minimum absolute atomic E-state index is 0.409. The van der Waals surface area contributed by atoms with Crippen LogP contribution in [-0.2, 0) is 10.0 Å². The van der Waals surface area contributed by atoms with E-state index in [9.17, 15) is 21.6 Å². The number of nitrogens with one attached hydrogen (secondary N) is 1. The van der Waals surface area contributed by atoms with Crippen LogP contribution >= 0.6 is 0 Å². The molecule has 1 saturated heterocycles. The molecule has 1 heterocycles. The van der Waals surface area contributed by atoms with Crippen molar-refractivity contribution < 1.29 is 26.3 Å². The molecule has 0 amide bonds. The number of halogens is 3. The van der Waals surface area contributed by atoms with Crippen LogP contribution in [0.4, 0.5) is 18.9 Å². The summed E-state index contributed by atoms with van der Waals surface area (Å²) in [7, 11) is -4.18. The predicted molar refractivity (Wildman–Crippen MR) is 99.8 cm³/mol. The number of hydrogen-bond donors (Lipinski definition) is 1. The van der Waals surface area contributed by atoms with Crippen LogP contribution in [0.25, 0.3) is 0 Å². The molecule has 10 heteroatoms. The van der Waals surface area contributed by atoms with E-state index < -0.39 is 33.1 Å². The Balaban J connectivity index is 1.66. The number of ether oxygens (including phenoxy) is 1. The molecule has 0 bridgehead atoms. The van der Waals surface area contributed by atoms with Gasteiger partial charge >= 0.3 is 6.36 Å². The molecule has 2 aromatic carbocycles. The van der Waals surface area contributed by atoms with Gasteiger partial charge in [0.2, 0.25) is 10.0 Å². The van der Waals surface area contributed by atoms with Gasteiger partial charge in [0.05, 0.1) is 11.6 Å². The fourth-order valence-corrected chi connectivity index (χ4v) is 4.60. The summed E-state index contributed by atoms with van der Waals surface area (Å²) in [5, 5.41) is 8.86. The lowest BCUT2D eigenvalue weighted by molar-refractivity contribution is -0.275. The number of hydrogen-bond acceptors (Lipinski definition) is 5. The monoisotopic (exact) mass is 425 g/mol. The molecular weight excluding hydrogens is 407 g/mol. The Bertz CT molecular complexity index is 994. The van der Waals surface area contributed by atoms with E-state index in [1.165, 1.54) is 12.1 Å². The van der Waals surface area contributed by atoms with Crippen molar-refractivity contribution in [3.05, 3.63) is 54.1 Å². The molecule has 3 rings (SSSR count). The van der Waals surface area contributed by atoms with Gasteiger partial charge in [0.1, 0.15) is 10.6 Å². The molecule has 1 aliphatic rings. The minimum Gasteiger partial charge on any atom is -0.404 e. The molecule has 0 spiro atoms. The van der Waals surface area contributed by atoms with E-state index >= 15 is 0 Å². The number of piperidine rings is 1. The van der Waals surface area contributed by atoms with Crippen LogP contribution in [0.15, 0.2) is 53.4 Å². The maximum atomic E-state index is 12.6. The van der Waals surface area contributed by atoms with E-state index in [4.69, 9.17) is 5.26 Å². The molecule has 0 aromatic heterocycles. The zero-order valence-electron chi connectivity index (χ0n) is 15.2. The summed E-state index contributed by atoms with van der Waals surface area (Å²) in [6.07, 6.45) is -4.01. The fraction of sp³-hybridized carbons (Fsp3) is 0.316. The van der Waals surface area contributed by atoms with Gasteiger partial charge < -0.3 is 9.64 Å². The van der Waals surface area contributed by atoms with Gasteiger partial charge in [-0.05, 0) is 49.2 Å². The molecule has 1 N–H and O–H groups in total. The highest BCUT2D eigenvalue weighted by molar-refractivity contribution is 7.89. The summed E-state index contributed by atoms with van der Waals surface area (Å²) in [6.45, 7) is 1.14. The summed E-state index contributed by atoms with van der Waals surface area (Å²) in [5.74, 6) is -0.762. The lowest BCUT2D eigenvalue weighted by atomic mass is 10.1. The summed E-state index contributed by atoms with van der Waals surface area (Å²) in [6, 6.07) is 13.4. The Hall–Kier alpha value is -2.77. The SMILES string of the molecule is N#Cc1ccc(N2CCC(NS(=O)(=O)c3ccccc3OC(F)(F)F)CC2)cc1. The molecule has 2 aromatic rings. The molecule has 1 fully saturated rings. The van der Waals surface area contributed by atoms with E-state index in [2.05, 4.69) is 14.4 Å². The smallest absolute Gasteiger partial charge is 0.404 e. The Labute approximate surface area is 166 Å². The topological polar surface area (TPSA) is 82.4 Å². The van der Waals surface area contributed by atoms with Crippen molar-refractivity contribution in [1.29, 1.82) is 5.26 Å². The number of benzene rings is 2. The second-order valence-electron chi connectivity index (χ2n) is 6.54. The summed E-state index contributed by atoms with van der Waals surface area (Å²) < 4.78 is 69.3. The van der Waals surface area contributed by atoms with Crippen LogP contribution in [0, 0.1) is 11.3 Å². The van der Waals surface area contributed by atoms with Gasteiger partial charge in [-0.25, -0.2) is 13.1 Å². The summed E-state index contributed by atoms with van der Waals surface area (Å²) >= 11 is 0. The zero-order valence-corrected chi connectivity index (χ0v) is 16.0. The number of para-hydroxylation sites is 1. The van der Waals surface area contributed by atoms with Crippen molar-refractivity contribution in [2.45, 2.75) is 30.1 Å². The Morgan fingerprint density at radius 1 is 1.07 bits per heavy atom. The number of nitrogens with zero attached hydrogens (tertiary/aromatic N) is 2.